The Balaban J connectivity index is 1.56. The predicted molar refractivity (Wildman–Crippen MR) is 204 cm³/mol. The maximum atomic E-state index is 14.4. The third-order valence-electron chi connectivity index (χ3n) is 12.2. The van der Waals surface area contributed by atoms with Gasteiger partial charge in [0.2, 0.25) is 5.36 Å². The van der Waals surface area contributed by atoms with Crippen molar-refractivity contribution in [3.63, 3.8) is 0 Å². The van der Waals surface area contributed by atoms with Gasteiger partial charge in [-0.2, -0.15) is 0 Å². The number of allylic oxidation sites excluding steroid dienone is 2. The van der Waals surface area contributed by atoms with Crippen LogP contribution in [0, 0.1) is 5.92 Å². The summed E-state index contributed by atoms with van der Waals surface area (Å²) < 4.78 is 2.41. The van der Waals surface area contributed by atoms with Crippen LogP contribution in [0.1, 0.15) is 87.0 Å². The van der Waals surface area contributed by atoms with Crippen molar-refractivity contribution in [2.24, 2.45) is 5.92 Å². The average Bonchev–Trinajstić information content (AvgIpc) is 3.05. The van der Waals surface area contributed by atoms with Crippen molar-refractivity contribution in [3.05, 3.63) is 99.1 Å². The van der Waals surface area contributed by atoms with Gasteiger partial charge in [0.15, 0.2) is 5.54 Å². The van der Waals surface area contributed by atoms with Crippen LogP contribution >= 0.6 is 0 Å². The van der Waals surface area contributed by atoms with E-state index in [0.29, 0.717) is 31.5 Å². The minimum absolute atomic E-state index is 0.0249. The molecule has 0 unspecified atom stereocenters. The molecule has 1 N–H and O–H groups in total. The number of hydrogen-bond acceptors (Lipinski definition) is 3. The van der Waals surface area contributed by atoms with Crippen molar-refractivity contribution >= 4 is 52.7 Å². The molecule has 4 aliphatic rings. The second kappa shape index (κ2) is 11.1. The Kier molecular flexibility index (Phi) is 7.56. The molecule has 7 rings (SSSR count). The van der Waals surface area contributed by atoms with Crippen LogP contribution in [0.15, 0.2) is 60.7 Å². The van der Waals surface area contributed by atoms with Crippen LogP contribution in [0.2, 0.25) is 13.1 Å². The number of carbonyl (C=O) groups is 2. The number of amides is 1. The van der Waals surface area contributed by atoms with Crippen molar-refractivity contribution in [3.8, 4) is 0 Å². The van der Waals surface area contributed by atoms with Crippen LogP contribution in [-0.4, -0.2) is 68.2 Å². The van der Waals surface area contributed by atoms with Gasteiger partial charge in [0.25, 0.3) is 5.91 Å². The number of hydrogen-bond donors (Lipinski definition) is 1. The van der Waals surface area contributed by atoms with Crippen LogP contribution in [0.3, 0.4) is 0 Å². The first kappa shape index (κ1) is 33.3. The Hall–Kier alpha value is -4.23. The smallest absolute Gasteiger partial charge is 0.306 e. The number of carbonyl (C=O) groups excluding carboxylic acids is 1. The SMILES string of the molecule is CC1=CC(C)(C)N(C)c2cc3c(cc21)C(c1ccccc1C(=O)N1CCC(C(=O)O)CC1)=c1cc2c(cc1[Si]3(C)C)=[N+](C)C(C)(C)C=C2C. The molecule has 1 fully saturated rings. The average molecular weight is 673 g/mol. The van der Waals surface area contributed by atoms with Crippen LogP contribution in [0.4, 0.5) is 5.69 Å². The summed E-state index contributed by atoms with van der Waals surface area (Å²) in [6, 6.07) is 17.8. The maximum absolute atomic E-state index is 14.4. The van der Waals surface area contributed by atoms with Crippen molar-refractivity contribution in [1.82, 2.24) is 9.48 Å². The van der Waals surface area contributed by atoms with E-state index in [2.05, 4.69) is 121 Å². The van der Waals surface area contributed by atoms with E-state index in [1.54, 1.807) is 0 Å². The van der Waals surface area contributed by atoms with Gasteiger partial charge in [0.1, 0.15) is 15.1 Å². The zero-order chi connectivity index (χ0) is 35.4. The highest BCUT2D eigenvalue weighted by Gasteiger charge is 2.41. The number of carboxylic acid groups (broad SMARTS) is 1. The number of rotatable bonds is 3. The lowest BCUT2D eigenvalue weighted by molar-refractivity contribution is -0.143. The Morgan fingerprint density at radius 3 is 2.18 bits per heavy atom. The number of likely N-dealkylation sites (N-methyl/N-ethyl adjacent to an activating group) is 2. The van der Waals surface area contributed by atoms with Gasteiger partial charge in [-0.25, -0.2) is 4.58 Å². The topological polar surface area (TPSA) is 63.9 Å². The predicted octanol–water partition coefficient (Wildman–Crippen LogP) is 4.95. The summed E-state index contributed by atoms with van der Waals surface area (Å²) in [6.07, 6.45) is 5.69. The Morgan fingerprint density at radius 1 is 0.857 bits per heavy atom. The van der Waals surface area contributed by atoms with Crippen LogP contribution in [-0.2, 0) is 4.79 Å². The number of aliphatic carboxylic acids is 1. The van der Waals surface area contributed by atoms with Crippen molar-refractivity contribution in [2.75, 3.05) is 32.1 Å². The van der Waals surface area contributed by atoms with E-state index in [4.69, 9.17) is 0 Å². The molecule has 0 bridgehead atoms. The lowest BCUT2D eigenvalue weighted by atomic mass is 9.84. The minimum Gasteiger partial charge on any atom is -0.481 e. The first-order valence-corrected chi connectivity index (χ1v) is 20.7. The molecule has 4 aliphatic heterocycles. The van der Waals surface area contributed by atoms with Crippen LogP contribution in [0.25, 0.3) is 16.7 Å². The molecule has 7 heteroatoms. The van der Waals surface area contributed by atoms with Gasteiger partial charge in [-0.1, -0.05) is 37.4 Å². The molecule has 6 nitrogen and oxygen atoms in total. The second-order valence-electron chi connectivity index (χ2n) is 16.4. The Morgan fingerprint density at radius 2 is 1.51 bits per heavy atom. The quantitative estimate of drug-likeness (QED) is 0.316. The molecular formula is C42H50N3O3Si+. The van der Waals surface area contributed by atoms with Gasteiger partial charge in [-0.05, 0) is 114 Å². The van der Waals surface area contributed by atoms with Crippen molar-refractivity contribution in [2.45, 2.75) is 78.6 Å². The molecule has 4 heterocycles. The standard InChI is InChI=1S/C42H49N3O3Si/c1-25-23-41(3,4)43(7)34-21-36-32(19-30(25)34)38(28-13-11-12-14-29(28)39(46)45-17-15-27(16-18-45)40(47)48)33-20-31-26(2)24-42(5,6)44(8)35(31)22-37(33)49(36,9)10/h11-14,19-24,27H,15-18H2,1-10H3/p+1. The van der Waals surface area contributed by atoms with Gasteiger partial charge >= 0.3 is 5.97 Å². The fraction of sp³-hybridized carbons (Fsp3) is 0.405. The molecule has 0 atom stereocenters. The summed E-state index contributed by atoms with van der Waals surface area (Å²) in [5, 5.41) is 14.9. The van der Waals surface area contributed by atoms with Crippen LogP contribution < -0.4 is 30.4 Å². The molecule has 3 aromatic rings. The first-order valence-electron chi connectivity index (χ1n) is 17.7. The normalized spacial score (nSPS) is 20.4. The monoisotopic (exact) mass is 672 g/mol. The number of nitrogens with zero attached hydrogens (tertiary/aromatic N) is 3. The van der Waals surface area contributed by atoms with Gasteiger partial charge < -0.3 is 14.9 Å². The van der Waals surface area contributed by atoms with Crippen LogP contribution in [0.5, 0.6) is 0 Å². The summed E-state index contributed by atoms with van der Waals surface area (Å²) in [7, 11) is 2.12. The van der Waals surface area contributed by atoms with E-state index in [-0.39, 0.29) is 17.0 Å². The third kappa shape index (κ3) is 5.07. The molecule has 254 valence electrons. The largest absolute Gasteiger partial charge is 0.481 e. The summed E-state index contributed by atoms with van der Waals surface area (Å²) in [5.41, 5.74) is 10.0. The van der Waals surface area contributed by atoms with Gasteiger partial charge in [-0.15, -0.1) is 0 Å². The fourth-order valence-electron chi connectivity index (χ4n) is 8.81. The van der Waals surface area contributed by atoms with E-state index in [9.17, 15) is 14.7 Å². The zero-order valence-corrected chi connectivity index (χ0v) is 31.8. The van der Waals surface area contributed by atoms with Gasteiger partial charge in [0.05, 0.1) is 11.5 Å². The highest BCUT2D eigenvalue weighted by Crippen LogP contribution is 2.40. The fourth-order valence-corrected chi connectivity index (χ4v) is 11.8. The van der Waals surface area contributed by atoms with E-state index in [1.807, 2.05) is 23.1 Å². The van der Waals surface area contributed by atoms with Gasteiger partial charge in [-0.3, -0.25) is 9.59 Å². The lowest BCUT2D eigenvalue weighted by Gasteiger charge is -2.43. The summed E-state index contributed by atoms with van der Waals surface area (Å²) in [4.78, 5) is 30.4. The maximum Gasteiger partial charge on any atom is 0.306 e. The molecule has 0 radical (unpaired) electrons. The molecule has 1 saturated heterocycles. The second-order valence-corrected chi connectivity index (χ2v) is 20.7. The molecule has 3 aromatic carbocycles. The highest BCUT2D eigenvalue weighted by molar-refractivity contribution is 7.01. The molecule has 0 spiro atoms. The summed E-state index contributed by atoms with van der Waals surface area (Å²) >= 11 is 0. The van der Waals surface area contributed by atoms with Gasteiger partial charge in [0, 0.05) is 62.4 Å². The number of likely N-dealkylation sites (tertiary alicyclic amines) is 1. The van der Waals surface area contributed by atoms with E-state index < -0.39 is 20.0 Å². The number of fused-ring (bicyclic) bond motifs is 4. The lowest BCUT2D eigenvalue weighted by Crippen LogP contribution is -2.64. The number of anilines is 1. The molecule has 49 heavy (non-hydrogen) atoms. The minimum atomic E-state index is -2.28. The molecule has 0 aliphatic carbocycles. The molecular weight excluding hydrogens is 623 g/mol. The van der Waals surface area contributed by atoms with E-state index >= 15 is 0 Å². The van der Waals surface area contributed by atoms with Crippen molar-refractivity contribution < 1.29 is 14.7 Å². The summed E-state index contributed by atoms with van der Waals surface area (Å²) in [6.45, 7) is 19.4. The molecule has 0 aromatic heterocycles. The number of piperidine rings is 1. The zero-order valence-electron chi connectivity index (χ0n) is 30.8. The first-order chi connectivity index (χ1) is 22.9. The number of carboxylic acids is 1. The van der Waals surface area contributed by atoms with Crippen molar-refractivity contribution in [1.29, 1.82) is 0 Å². The van der Waals surface area contributed by atoms with E-state index in [1.165, 1.54) is 54.5 Å². The highest BCUT2D eigenvalue weighted by atomic mass is 28.3. The molecule has 0 saturated carbocycles. The third-order valence-corrected chi connectivity index (χ3v) is 15.7. The Labute approximate surface area is 291 Å². The Bertz CT molecular complexity index is 2160. The van der Waals surface area contributed by atoms with E-state index in [0.717, 1.165) is 11.1 Å². The molecule has 1 amide bonds. The number of benzene rings is 3. The summed E-state index contributed by atoms with van der Waals surface area (Å²) in [5.74, 6) is -1.19.